The van der Waals surface area contributed by atoms with Crippen LogP contribution in [0.15, 0.2) is 30.5 Å². The lowest BCUT2D eigenvalue weighted by Crippen LogP contribution is -2.36. The van der Waals surface area contributed by atoms with Crippen LogP contribution in [-0.2, 0) is 5.54 Å². The summed E-state index contributed by atoms with van der Waals surface area (Å²) in [6.45, 7) is 6.49. The Kier molecular flexibility index (Phi) is 4.49. The molecular weight excluding hydrogens is 326 g/mol. The minimum Gasteiger partial charge on any atom is -0.317 e. The van der Waals surface area contributed by atoms with Gasteiger partial charge in [0.25, 0.3) is 0 Å². The summed E-state index contributed by atoms with van der Waals surface area (Å²) in [6.07, 6.45) is 3.05. The SMILES string of the molecule is CC(C)(C)n1nccc1NC(=O)N1CCCC1c1ccc(F)cc1F. The molecule has 1 unspecified atom stereocenters. The summed E-state index contributed by atoms with van der Waals surface area (Å²) in [4.78, 5) is 14.3. The van der Waals surface area contributed by atoms with Gasteiger partial charge in [-0.15, -0.1) is 0 Å². The number of urea groups is 1. The van der Waals surface area contributed by atoms with E-state index in [1.807, 2.05) is 20.8 Å². The maximum absolute atomic E-state index is 14.1. The zero-order valence-electron chi connectivity index (χ0n) is 14.6. The third kappa shape index (κ3) is 3.50. The first-order chi connectivity index (χ1) is 11.8. The number of carbonyl (C=O) groups is 1. The molecule has 2 heterocycles. The lowest BCUT2D eigenvalue weighted by Gasteiger charge is -2.27. The highest BCUT2D eigenvalue weighted by molar-refractivity contribution is 5.89. The molecule has 7 heteroatoms. The first-order valence-corrected chi connectivity index (χ1v) is 8.34. The number of nitrogens with zero attached hydrogens (tertiary/aromatic N) is 3. The highest BCUT2D eigenvalue weighted by atomic mass is 19.1. The number of rotatable bonds is 2. The van der Waals surface area contributed by atoms with E-state index in [1.165, 1.54) is 12.1 Å². The van der Waals surface area contributed by atoms with Crippen molar-refractivity contribution in [2.45, 2.75) is 45.2 Å². The predicted octanol–water partition coefficient (Wildman–Crippen LogP) is 4.29. The summed E-state index contributed by atoms with van der Waals surface area (Å²) in [5.41, 5.74) is 0.0675. The summed E-state index contributed by atoms with van der Waals surface area (Å²) in [6, 6.07) is 4.52. The van der Waals surface area contributed by atoms with Gasteiger partial charge in [-0.1, -0.05) is 6.07 Å². The fraction of sp³-hybridized carbons (Fsp3) is 0.444. The van der Waals surface area contributed by atoms with Crippen molar-refractivity contribution in [3.63, 3.8) is 0 Å². The summed E-state index contributed by atoms with van der Waals surface area (Å²) in [7, 11) is 0. The Labute approximate surface area is 145 Å². The summed E-state index contributed by atoms with van der Waals surface area (Å²) >= 11 is 0. The van der Waals surface area contributed by atoms with Gasteiger partial charge in [0, 0.05) is 24.2 Å². The Hall–Kier alpha value is -2.44. The second-order valence-corrected chi connectivity index (χ2v) is 7.25. The molecule has 1 atom stereocenters. The largest absolute Gasteiger partial charge is 0.323 e. The quantitative estimate of drug-likeness (QED) is 0.880. The third-order valence-corrected chi connectivity index (χ3v) is 4.35. The van der Waals surface area contributed by atoms with Gasteiger partial charge in [0.05, 0.1) is 17.8 Å². The zero-order valence-corrected chi connectivity index (χ0v) is 14.6. The number of aromatic nitrogens is 2. The highest BCUT2D eigenvalue weighted by Crippen LogP contribution is 2.34. The van der Waals surface area contributed by atoms with Crippen LogP contribution in [0, 0.1) is 11.6 Å². The standard InChI is InChI=1S/C18H22F2N4O/c1-18(2,3)24-16(8-9-21-24)22-17(25)23-10-4-5-15(23)13-7-6-12(19)11-14(13)20/h6-9,11,15H,4-5,10H2,1-3H3,(H,22,25). The zero-order chi connectivity index (χ0) is 18.2. The number of amides is 2. The van der Waals surface area contributed by atoms with E-state index in [4.69, 9.17) is 0 Å². The molecule has 134 valence electrons. The summed E-state index contributed by atoms with van der Waals surface area (Å²) in [5.74, 6) is -0.656. The van der Waals surface area contributed by atoms with E-state index >= 15 is 0 Å². The Morgan fingerprint density at radius 2 is 2.04 bits per heavy atom. The maximum Gasteiger partial charge on any atom is 0.323 e. The Bertz CT molecular complexity index is 782. The smallest absolute Gasteiger partial charge is 0.317 e. The highest BCUT2D eigenvalue weighted by Gasteiger charge is 2.32. The van der Waals surface area contributed by atoms with Crippen molar-refractivity contribution in [2.75, 3.05) is 11.9 Å². The van der Waals surface area contributed by atoms with E-state index in [2.05, 4.69) is 10.4 Å². The van der Waals surface area contributed by atoms with Crippen LogP contribution in [-0.4, -0.2) is 27.3 Å². The third-order valence-electron chi connectivity index (χ3n) is 4.35. The Morgan fingerprint density at radius 1 is 1.28 bits per heavy atom. The fourth-order valence-corrected chi connectivity index (χ4v) is 3.22. The molecule has 0 saturated carbocycles. The van der Waals surface area contributed by atoms with E-state index in [1.54, 1.807) is 21.8 Å². The summed E-state index contributed by atoms with van der Waals surface area (Å²) in [5, 5.41) is 7.11. The average Bonchev–Trinajstić information content (AvgIpc) is 3.15. The lowest BCUT2D eigenvalue weighted by atomic mass is 10.0. The van der Waals surface area contributed by atoms with Crippen LogP contribution in [0.1, 0.15) is 45.2 Å². The number of hydrogen-bond acceptors (Lipinski definition) is 2. The van der Waals surface area contributed by atoms with E-state index in [-0.39, 0.29) is 11.6 Å². The molecule has 3 rings (SSSR count). The molecule has 1 aromatic heterocycles. The van der Waals surface area contributed by atoms with E-state index in [9.17, 15) is 13.6 Å². The second kappa shape index (κ2) is 6.46. The van der Waals surface area contributed by atoms with Crippen molar-refractivity contribution in [3.8, 4) is 0 Å². The van der Waals surface area contributed by atoms with Crippen LogP contribution in [0.25, 0.3) is 0 Å². The average molecular weight is 348 g/mol. The number of halogens is 2. The molecule has 1 aliphatic rings. The number of nitrogens with one attached hydrogen (secondary N) is 1. The molecule has 1 fully saturated rings. The monoisotopic (exact) mass is 348 g/mol. The molecule has 1 N–H and O–H groups in total. The molecule has 0 aliphatic carbocycles. The van der Waals surface area contributed by atoms with Gasteiger partial charge in [-0.2, -0.15) is 5.10 Å². The van der Waals surface area contributed by atoms with Gasteiger partial charge < -0.3 is 4.90 Å². The second-order valence-electron chi connectivity index (χ2n) is 7.25. The molecule has 25 heavy (non-hydrogen) atoms. The van der Waals surface area contributed by atoms with Gasteiger partial charge in [-0.3, -0.25) is 5.32 Å². The molecule has 2 aromatic rings. The van der Waals surface area contributed by atoms with E-state index in [0.717, 1.165) is 12.5 Å². The minimum atomic E-state index is -0.621. The van der Waals surface area contributed by atoms with Gasteiger partial charge in [0.2, 0.25) is 0 Å². The van der Waals surface area contributed by atoms with Gasteiger partial charge in [0.15, 0.2) is 0 Å². The van der Waals surface area contributed by atoms with Crippen LogP contribution in [0.4, 0.5) is 19.4 Å². The normalized spacial score (nSPS) is 17.8. The number of likely N-dealkylation sites (tertiary alicyclic amines) is 1. The number of hydrogen-bond donors (Lipinski definition) is 1. The first-order valence-electron chi connectivity index (χ1n) is 8.34. The van der Waals surface area contributed by atoms with Gasteiger partial charge in [-0.05, 0) is 39.7 Å². The molecule has 1 aliphatic heterocycles. The molecule has 5 nitrogen and oxygen atoms in total. The number of carbonyl (C=O) groups excluding carboxylic acids is 1. The summed E-state index contributed by atoms with van der Waals surface area (Å²) < 4.78 is 29.0. The molecule has 2 amide bonds. The van der Waals surface area contributed by atoms with Crippen molar-refractivity contribution in [1.29, 1.82) is 0 Å². The van der Waals surface area contributed by atoms with Crippen molar-refractivity contribution < 1.29 is 13.6 Å². The van der Waals surface area contributed by atoms with Crippen molar-refractivity contribution in [2.24, 2.45) is 0 Å². The lowest BCUT2D eigenvalue weighted by molar-refractivity contribution is 0.205. The van der Waals surface area contributed by atoms with Crippen LogP contribution in [0.2, 0.25) is 0 Å². The minimum absolute atomic E-state index is 0.278. The van der Waals surface area contributed by atoms with Gasteiger partial charge in [-0.25, -0.2) is 18.3 Å². The number of benzene rings is 1. The van der Waals surface area contributed by atoms with Crippen molar-refractivity contribution in [3.05, 3.63) is 47.7 Å². The molecule has 1 saturated heterocycles. The molecular formula is C18H22F2N4O. The van der Waals surface area contributed by atoms with Crippen LogP contribution in [0.5, 0.6) is 0 Å². The topological polar surface area (TPSA) is 50.2 Å². The molecule has 1 aromatic carbocycles. The molecule has 0 radical (unpaired) electrons. The van der Waals surface area contributed by atoms with Gasteiger partial charge in [0.1, 0.15) is 17.5 Å². The Balaban J connectivity index is 1.81. The Morgan fingerprint density at radius 3 is 2.72 bits per heavy atom. The van der Waals surface area contributed by atoms with Gasteiger partial charge >= 0.3 is 6.03 Å². The van der Waals surface area contributed by atoms with Crippen LogP contribution >= 0.6 is 0 Å². The van der Waals surface area contributed by atoms with E-state index in [0.29, 0.717) is 24.3 Å². The fourth-order valence-electron chi connectivity index (χ4n) is 3.22. The molecule has 0 spiro atoms. The van der Waals surface area contributed by atoms with Crippen LogP contribution < -0.4 is 5.32 Å². The van der Waals surface area contributed by atoms with Crippen molar-refractivity contribution >= 4 is 11.8 Å². The predicted molar refractivity (Wildman–Crippen MR) is 91.3 cm³/mol. The van der Waals surface area contributed by atoms with E-state index < -0.39 is 17.7 Å². The van der Waals surface area contributed by atoms with Crippen molar-refractivity contribution in [1.82, 2.24) is 14.7 Å². The molecule has 0 bridgehead atoms. The number of anilines is 1. The van der Waals surface area contributed by atoms with Crippen LogP contribution in [0.3, 0.4) is 0 Å². The first kappa shape index (κ1) is 17.4. The maximum atomic E-state index is 14.1.